The van der Waals surface area contributed by atoms with Crippen molar-refractivity contribution in [1.82, 2.24) is 15.0 Å². The van der Waals surface area contributed by atoms with E-state index in [9.17, 15) is 0 Å². The second-order valence-electron chi connectivity index (χ2n) is 5.06. The van der Waals surface area contributed by atoms with Crippen LogP contribution in [0.3, 0.4) is 0 Å². The van der Waals surface area contributed by atoms with E-state index in [0.717, 1.165) is 17.8 Å². The number of hydrogen-bond acceptors (Lipinski definition) is 6. The van der Waals surface area contributed by atoms with E-state index in [1.54, 1.807) is 0 Å². The maximum atomic E-state index is 5.78. The molecule has 0 aliphatic carbocycles. The Bertz CT molecular complexity index is 570. The number of nitrogens with zero attached hydrogens (tertiary/aromatic N) is 3. The van der Waals surface area contributed by atoms with Gasteiger partial charge in [0.2, 0.25) is 5.89 Å². The van der Waals surface area contributed by atoms with Crippen molar-refractivity contribution >= 4 is 5.69 Å². The lowest BCUT2D eigenvalue weighted by molar-refractivity contribution is 0.0683. The number of anilines is 1. The van der Waals surface area contributed by atoms with Gasteiger partial charge in [-0.1, -0.05) is 17.3 Å². The lowest BCUT2D eigenvalue weighted by Crippen LogP contribution is -2.17. The van der Waals surface area contributed by atoms with Crippen molar-refractivity contribution in [2.45, 2.75) is 33.0 Å². The van der Waals surface area contributed by atoms with Gasteiger partial charge in [-0.25, -0.2) is 0 Å². The minimum Gasteiger partial charge on any atom is -0.399 e. The van der Waals surface area contributed by atoms with Gasteiger partial charge in [-0.05, 0) is 38.6 Å². The van der Waals surface area contributed by atoms with Crippen molar-refractivity contribution in [3.05, 3.63) is 41.5 Å². The lowest BCUT2D eigenvalue weighted by atomic mass is 10.2. The Balaban J connectivity index is 1.92. The van der Waals surface area contributed by atoms with Crippen LogP contribution in [0.5, 0.6) is 0 Å². The quantitative estimate of drug-likeness (QED) is 0.789. The summed E-state index contributed by atoms with van der Waals surface area (Å²) in [4.78, 5) is 6.45. The van der Waals surface area contributed by atoms with Gasteiger partial charge in [0.25, 0.3) is 0 Å². The second kappa shape index (κ2) is 7.19. The molecule has 2 N–H and O–H groups in total. The molecule has 1 aromatic carbocycles. The molecule has 0 spiro atoms. The molecule has 0 bridgehead atoms. The van der Waals surface area contributed by atoms with Gasteiger partial charge in [-0.3, -0.25) is 4.90 Å². The third-order valence-electron chi connectivity index (χ3n) is 3.07. The van der Waals surface area contributed by atoms with E-state index >= 15 is 0 Å². The van der Waals surface area contributed by atoms with Crippen LogP contribution in [0, 0.1) is 0 Å². The van der Waals surface area contributed by atoms with E-state index in [1.165, 1.54) is 0 Å². The predicted octanol–water partition coefficient (Wildman–Crippen LogP) is 2.38. The number of nitrogen functional groups attached to an aromatic ring is 1. The highest BCUT2D eigenvalue weighted by atomic mass is 16.5. The molecule has 114 valence electrons. The average Bonchev–Trinajstić information content (AvgIpc) is 2.87. The fourth-order valence-corrected chi connectivity index (χ4v) is 2.11. The molecule has 21 heavy (non-hydrogen) atoms. The fraction of sp³-hybridized carbons (Fsp3) is 0.467. The van der Waals surface area contributed by atoms with E-state index in [2.05, 4.69) is 15.0 Å². The van der Waals surface area contributed by atoms with Gasteiger partial charge in [0.1, 0.15) is 6.10 Å². The number of hydrogen-bond donors (Lipinski definition) is 1. The van der Waals surface area contributed by atoms with Crippen LogP contribution in [-0.4, -0.2) is 28.7 Å². The Morgan fingerprint density at radius 2 is 2.19 bits per heavy atom. The molecule has 0 amide bonds. The van der Waals surface area contributed by atoms with Crippen molar-refractivity contribution in [3.63, 3.8) is 0 Å². The highest BCUT2D eigenvalue weighted by molar-refractivity contribution is 5.40. The van der Waals surface area contributed by atoms with Gasteiger partial charge < -0.3 is 15.0 Å². The number of rotatable bonds is 7. The molecule has 0 saturated heterocycles. The molecule has 0 saturated carbocycles. The van der Waals surface area contributed by atoms with Crippen molar-refractivity contribution in [2.75, 3.05) is 19.4 Å². The summed E-state index contributed by atoms with van der Waals surface area (Å²) >= 11 is 0. The topological polar surface area (TPSA) is 77.4 Å². The zero-order valence-electron chi connectivity index (χ0n) is 12.7. The number of aromatic nitrogens is 2. The standard InChI is InChI=1S/C15H22N4O2/c1-4-20-11(2)15-17-14(21-18-15)10-19(3)9-12-6-5-7-13(16)8-12/h5-8,11H,4,9-10,16H2,1-3H3. The SMILES string of the molecule is CCOC(C)c1noc(CN(C)Cc2cccc(N)c2)n1. The second-order valence-corrected chi connectivity index (χ2v) is 5.06. The van der Waals surface area contributed by atoms with Crippen molar-refractivity contribution in [1.29, 1.82) is 0 Å². The first-order chi connectivity index (χ1) is 10.1. The first-order valence-electron chi connectivity index (χ1n) is 7.05. The minimum absolute atomic E-state index is 0.147. The van der Waals surface area contributed by atoms with Crippen LogP contribution in [0.15, 0.2) is 28.8 Å². The third kappa shape index (κ3) is 4.54. The molecule has 0 fully saturated rings. The van der Waals surface area contributed by atoms with E-state index in [-0.39, 0.29) is 6.10 Å². The molecular formula is C15H22N4O2. The maximum Gasteiger partial charge on any atom is 0.240 e. The predicted molar refractivity (Wildman–Crippen MR) is 80.4 cm³/mol. The maximum absolute atomic E-state index is 5.78. The summed E-state index contributed by atoms with van der Waals surface area (Å²) in [6.07, 6.45) is -0.147. The van der Waals surface area contributed by atoms with Gasteiger partial charge >= 0.3 is 0 Å². The van der Waals surface area contributed by atoms with Gasteiger partial charge in [0.15, 0.2) is 5.82 Å². The minimum atomic E-state index is -0.147. The molecule has 1 unspecified atom stereocenters. The Kier molecular flexibility index (Phi) is 5.30. The normalized spacial score (nSPS) is 12.8. The van der Waals surface area contributed by atoms with Crippen LogP contribution in [-0.2, 0) is 17.8 Å². The molecule has 2 aromatic rings. The highest BCUT2D eigenvalue weighted by Gasteiger charge is 2.14. The fourth-order valence-electron chi connectivity index (χ4n) is 2.11. The van der Waals surface area contributed by atoms with Gasteiger partial charge in [0, 0.05) is 18.8 Å². The molecule has 0 radical (unpaired) electrons. The Morgan fingerprint density at radius 3 is 2.90 bits per heavy atom. The van der Waals surface area contributed by atoms with Crippen LogP contribution in [0.4, 0.5) is 5.69 Å². The Labute approximate surface area is 124 Å². The van der Waals surface area contributed by atoms with E-state index < -0.39 is 0 Å². The van der Waals surface area contributed by atoms with Gasteiger partial charge in [-0.15, -0.1) is 0 Å². The molecule has 6 nitrogen and oxygen atoms in total. The molecule has 1 atom stereocenters. The van der Waals surface area contributed by atoms with Crippen LogP contribution < -0.4 is 5.73 Å². The summed E-state index contributed by atoms with van der Waals surface area (Å²) in [7, 11) is 2.00. The van der Waals surface area contributed by atoms with Crippen LogP contribution >= 0.6 is 0 Å². The Morgan fingerprint density at radius 1 is 1.38 bits per heavy atom. The van der Waals surface area contributed by atoms with Crippen LogP contribution in [0.2, 0.25) is 0 Å². The molecule has 1 aromatic heterocycles. The van der Waals surface area contributed by atoms with Gasteiger partial charge in [0.05, 0.1) is 6.54 Å². The molecule has 2 rings (SSSR count). The number of ether oxygens (including phenoxy) is 1. The van der Waals surface area contributed by atoms with E-state index in [4.69, 9.17) is 15.0 Å². The molecule has 0 aliphatic rings. The molecule has 1 heterocycles. The Hall–Kier alpha value is -1.92. The third-order valence-corrected chi connectivity index (χ3v) is 3.07. The zero-order valence-corrected chi connectivity index (χ0v) is 12.7. The monoisotopic (exact) mass is 290 g/mol. The highest BCUT2D eigenvalue weighted by Crippen LogP contribution is 2.14. The van der Waals surface area contributed by atoms with Crippen molar-refractivity contribution in [3.8, 4) is 0 Å². The van der Waals surface area contributed by atoms with E-state index in [0.29, 0.717) is 24.9 Å². The van der Waals surface area contributed by atoms with Crippen LogP contribution in [0.25, 0.3) is 0 Å². The first kappa shape index (κ1) is 15.5. The summed E-state index contributed by atoms with van der Waals surface area (Å²) in [5.41, 5.74) is 7.70. The summed E-state index contributed by atoms with van der Waals surface area (Å²) in [5.74, 6) is 1.17. The van der Waals surface area contributed by atoms with Crippen molar-refractivity contribution in [2.24, 2.45) is 0 Å². The number of benzene rings is 1. The number of nitrogens with two attached hydrogens (primary N) is 1. The van der Waals surface area contributed by atoms with Crippen LogP contribution in [0.1, 0.15) is 37.2 Å². The summed E-state index contributed by atoms with van der Waals surface area (Å²) in [5, 5.41) is 3.95. The largest absolute Gasteiger partial charge is 0.399 e. The summed E-state index contributed by atoms with van der Waals surface area (Å²) in [6, 6.07) is 7.84. The molecular weight excluding hydrogens is 268 g/mol. The average molecular weight is 290 g/mol. The smallest absolute Gasteiger partial charge is 0.240 e. The summed E-state index contributed by atoms with van der Waals surface area (Å²) < 4.78 is 10.7. The molecule has 0 aliphatic heterocycles. The zero-order chi connectivity index (χ0) is 15.2. The summed E-state index contributed by atoms with van der Waals surface area (Å²) in [6.45, 7) is 5.83. The molecule has 6 heteroatoms. The van der Waals surface area contributed by atoms with Gasteiger partial charge in [-0.2, -0.15) is 4.98 Å². The van der Waals surface area contributed by atoms with Crippen molar-refractivity contribution < 1.29 is 9.26 Å². The first-order valence-corrected chi connectivity index (χ1v) is 7.05. The lowest BCUT2D eigenvalue weighted by Gasteiger charge is -2.14. The van der Waals surface area contributed by atoms with E-state index in [1.807, 2.05) is 45.2 Å².